The van der Waals surface area contributed by atoms with Crippen molar-refractivity contribution >= 4 is 22.6 Å². The molecule has 4 nitrogen and oxygen atoms in total. The summed E-state index contributed by atoms with van der Waals surface area (Å²) in [4.78, 5) is 23.5. The van der Waals surface area contributed by atoms with E-state index in [2.05, 4.69) is 5.32 Å². The molecule has 1 amide bonds. The van der Waals surface area contributed by atoms with E-state index < -0.39 is 12.0 Å². The maximum Gasteiger partial charge on any atom is 0.326 e. The number of amides is 1. The summed E-state index contributed by atoms with van der Waals surface area (Å²) in [5, 5.41) is 13.5. The third-order valence-corrected chi connectivity index (χ3v) is 3.25. The van der Waals surface area contributed by atoms with Gasteiger partial charge in [0, 0.05) is 5.56 Å². The van der Waals surface area contributed by atoms with E-state index in [4.69, 9.17) is 5.11 Å². The van der Waals surface area contributed by atoms with Crippen LogP contribution in [0, 0.1) is 5.92 Å². The number of nitrogens with one attached hydrogen (secondary N) is 1. The van der Waals surface area contributed by atoms with Crippen LogP contribution in [0.4, 0.5) is 0 Å². The standard InChI is InChI=1S/C16H17NO3/c1-10(2)14(16(19)20)17-15(18)13-9-5-7-11-6-3-4-8-12(11)13/h3-10,14H,1-2H3,(H,17,18)(H,19,20)/t14-/m0/s1. The highest BCUT2D eigenvalue weighted by molar-refractivity contribution is 6.07. The molecule has 0 radical (unpaired) electrons. The first-order chi connectivity index (χ1) is 9.50. The van der Waals surface area contributed by atoms with Crippen LogP contribution < -0.4 is 5.32 Å². The zero-order chi connectivity index (χ0) is 14.7. The highest BCUT2D eigenvalue weighted by atomic mass is 16.4. The maximum absolute atomic E-state index is 12.3. The summed E-state index contributed by atoms with van der Waals surface area (Å²) in [7, 11) is 0. The first-order valence-electron chi connectivity index (χ1n) is 6.52. The van der Waals surface area contributed by atoms with Crippen LogP contribution in [0.15, 0.2) is 42.5 Å². The number of rotatable bonds is 4. The fourth-order valence-corrected chi connectivity index (χ4v) is 2.16. The van der Waals surface area contributed by atoms with E-state index in [0.29, 0.717) is 5.56 Å². The Labute approximate surface area is 117 Å². The number of carboxylic acid groups (broad SMARTS) is 1. The predicted octanol–water partition coefficient (Wildman–Crippen LogP) is 2.68. The minimum Gasteiger partial charge on any atom is -0.480 e. The molecule has 0 aromatic heterocycles. The molecule has 20 heavy (non-hydrogen) atoms. The van der Waals surface area contributed by atoms with Gasteiger partial charge < -0.3 is 10.4 Å². The second-order valence-electron chi connectivity index (χ2n) is 5.06. The fraction of sp³-hybridized carbons (Fsp3) is 0.250. The molecule has 0 aliphatic carbocycles. The van der Waals surface area contributed by atoms with E-state index in [0.717, 1.165) is 10.8 Å². The van der Waals surface area contributed by atoms with E-state index >= 15 is 0 Å². The summed E-state index contributed by atoms with van der Waals surface area (Å²) >= 11 is 0. The van der Waals surface area contributed by atoms with Crippen molar-refractivity contribution in [2.24, 2.45) is 5.92 Å². The molecule has 0 aliphatic rings. The molecule has 2 rings (SSSR count). The maximum atomic E-state index is 12.3. The van der Waals surface area contributed by atoms with Gasteiger partial charge in [-0.2, -0.15) is 0 Å². The van der Waals surface area contributed by atoms with Crippen molar-refractivity contribution in [2.45, 2.75) is 19.9 Å². The summed E-state index contributed by atoms with van der Waals surface area (Å²) in [5.41, 5.74) is 0.495. The lowest BCUT2D eigenvalue weighted by atomic mass is 10.0. The smallest absolute Gasteiger partial charge is 0.326 e. The molecule has 0 unspecified atom stereocenters. The number of carbonyl (C=O) groups is 2. The Balaban J connectivity index is 2.34. The van der Waals surface area contributed by atoms with Crippen LogP contribution >= 0.6 is 0 Å². The first-order valence-corrected chi connectivity index (χ1v) is 6.52. The van der Waals surface area contributed by atoms with Crippen LogP contribution in [0.1, 0.15) is 24.2 Å². The predicted molar refractivity (Wildman–Crippen MR) is 77.7 cm³/mol. The molecule has 0 saturated heterocycles. The van der Waals surface area contributed by atoms with Gasteiger partial charge in [0.15, 0.2) is 0 Å². The fourth-order valence-electron chi connectivity index (χ4n) is 2.16. The Morgan fingerprint density at radius 3 is 2.35 bits per heavy atom. The van der Waals surface area contributed by atoms with Crippen LogP contribution in [0.3, 0.4) is 0 Å². The van der Waals surface area contributed by atoms with E-state index in [1.807, 2.05) is 30.3 Å². The highest BCUT2D eigenvalue weighted by Crippen LogP contribution is 2.18. The largest absolute Gasteiger partial charge is 0.480 e. The lowest BCUT2D eigenvalue weighted by molar-refractivity contribution is -0.140. The van der Waals surface area contributed by atoms with Gasteiger partial charge in [-0.3, -0.25) is 4.79 Å². The van der Waals surface area contributed by atoms with Gasteiger partial charge in [-0.05, 0) is 22.8 Å². The summed E-state index contributed by atoms with van der Waals surface area (Å²) in [6, 6.07) is 12.1. The summed E-state index contributed by atoms with van der Waals surface area (Å²) < 4.78 is 0. The van der Waals surface area contributed by atoms with Crippen LogP contribution in [0.5, 0.6) is 0 Å². The number of hydrogen-bond acceptors (Lipinski definition) is 2. The van der Waals surface area contributed by atoms with Gasteiger partial charge in [-0.1, -0.05) is 50.2 Å². The third-order valence-electron chi connectivity index (χ3n) is 3.25. The lowest BCUT2D eigenvalue weighted by Crippen LogP contribution is -2.44. The van der Waals surface area contributed by atoms with Gasteiger partial charge in [0.1, 0.15) is 6.04 Å². The zero-order valence-electron chi connectivity index (χ0n) is 11.5. The average molecular weight is 271 g/mol. The molecule has 1 atom stereocenters. The molecule has 0 heterocycles. The average Bonchev–Trinajstić information content (AvgIpc) is 2.43. The van der Waals surface area contributed by atoms with Crippen molar-refractivity contribution < 1.29 is 14.7 Å². The van der Waals surface area contributed by atoms with E-state index in [1.165, 1.54) is 0 Å². The van der Waals surface area contributed by atoms with Crippen molar-refractivity contribution in [3.05, 3.63) is 48.0 Å². The van der Waals surface area contributed by atoms with Crippen LogP contribution in [0.2, 0.25) is 0 Å². The molecule has 0 fully saturated rings. The van der Waals surface area contributed by atoms with Gasteiger partial charge in [0.05, 0.1) is 0 Å². The molecule has 0 spiro atoms. The van der Waals surface area contributed by atoms with E-state index in [9.17, 15) is 9.59 Å². The summed E-state index contributed by atoms with van der Waals surface area (Å²) in [5.74, 6) is -1.55. The molecular weight excluding hydrogens is 254 g/mol. The zero-order valence-corrected chi connectivity index (χ0v) is 11.5. The molecule has 2 aromatic rings. The minimum absolute atomic E-state index is 0.175. The molecule has 0 aliphatic heterocycles. The molecule has 0 bridgehead atoms. The Kier molecular flexibility index (Phi) is 4.03. The quantitative estimate of drug-likeness (QED) is 0.898. The number of hydrogen-bond donors (Lipinski definition) is 2. The van der Waals surface area contributed by atoms with Crippen molar-refractivity contribution in [3.8, 4) is 0 Å². The number of carbonyl (C=O) groups excluding carboxylic acids is 1. The molecule has 0 saturated carbocycles. The van der Waals surface area contributed by atoms with Gasteiger partial charge >= 0.3 is 5.97 Å². The van der Waals surface area contributed by atoms with Gasteiger partial charge in [-0.15, -0.1) is 0 Å². The van der Waals surface area contributed by atoms with Crippen molar-refractivity contribution in [2.75, 3.05) is 0 Å². The van der Waals surface area contributed by atoms with E-state index in [1.54, 1.807) is 26.0 Å². The SMILES string of the molecule is CC(C)[C@H](NC(=O)c1cccc2ccccc12)C(=O)O. The molecule has 2 aromatic carbocycles. The first kappa shape index (κ1) is 14.1. The van der Waals surface area contributed by atoms with Gasteiger partial charge in [0.25, 0.3) is 5.91 Å². The molecule has 4 heteroatoms. The number of carboxylic acids is 1. The van der Waals surface area contributed by atoms with Crippen molar-refractivity contribution in [1.29, 1.82) is 0 Å². The van der Waals surface area contributed by atoms with Crippen LogP contribution in [0.25, 0.3) is 10.8 Å². The lowest BCUT2D eigenvalue weighted by Gasteiger charge is -2.18. The third kappa shape index (κ3) is 2.79. The summed E-state index contributed by atoms with van der Waals surface area (Å²) in [6.45, 7) is 3.53. The van der Waals surface area contributed by atoms with E-state index in [-0.39, 0.29) is 11.8 Å². The normalized spacial score (nSPS) is 12.3. The van der Waals surface area contributed by atoms with Crippen molar-refractivity contribution in [3.63, 3.8) is 0 Å². The molecule has 104 valence electrons. The van der Waals surface area contributed by atoms with Crippen LogP contribution in [-0.4, -0.2) is 23.0 Å². The minimum atomic E-state index is -1.02. The molecular formula is C16H17NO3. The second kappa shape index (κ2) is 5.74. The van der Waals surface area contributed by atoms with Crippen molar-refractivity contribution in [1.82, 2.24) is 5.32 Å². The monoisotopic (exact) mass is 271 g/mol. The molecule has 2 N–H and O–H groups in total. The Hall–Kier alpha value is -2.36. The van der Waals surface area contributed by atoms with Gasteiger partial charge in [0.2, 0.25) is 0 Å². The Morgan fingerprint density at radius 1 is 1.05 bits per heavy atom. The van der Waals surface area contributed by atoms with Gasteiger partial charge in [-0.25, -0.2) is 4.79 Å². The second-order valence-corrected chi connectivity index (χ2v) is 5.06. The van der Waals surface area contributed by atoms with Crippen LogP contribution in [-0.2, 0) is 4.79 Å². The highest BCUT2D eigenvalue weighted by Gasteiger charge is 2.24. The Morgan fingerprint density at radius 2 is 1.70 bits per heavy atom. The number of fused-ring (bicyclic) bond motifs is 1. The number of aliphatic carboxylic acids is 1. The summed E-state index contributed by atoms with van der Waals surface area (Å²) in [6.07, 6.45) is 0. The Bertz CT molecular complexity index is 644. The number of benzene rings is 2. The topological polar surface area (TPSA) is 66.4 Å².